The van der Waals surface area contributed by atoms with Crippen molar-refractivity contribution in [2.24, 2.45) is 0 Å². The molecule has 69 heavy (non-hydrogen) atoms. The third-order valence-electron chi connectivity index (χ3n) is 14.6. The standard InChI is InChI=1S/C66H48N2Si/c1-6-21-47(22-7-1)51-41-52(48-23-8-2-9-24-48)43-54(42-51)68-64-36-19-17-34-60(64)62-45-50(38-40-66(62)68)49-37-39-65-61(44-49)59-33-16-18-35-63(59)67(65)53-25-20-32-58(46-53)69(55-26-10-3-11-27-55,56-28-12-4-13-29-56)57-30-14-5-15-31-57/h1-30,32-46,57H,31H2. The van der Waals surface area contributed by atoms with Crippen LogP contribution < -0.4 is 15.6 Å². The van der Waals surface area contributed by atoms with Gasteiger partial charge in [0.25, 0.3) is 0 Å². The molecule has 0 bridgehead atoms. The molecule has 13 rings (SSSR count). The molecule has 0 saturated heterocycles. The Bertz CT molecular complexity index is 3820. The zero-order valence-corrected chi connectivity index (χ0v) is 39.2. The van der Waals surface area contributed by atoms with Crippen LogP contribution in [0, 0.1) is 0 Å². The van der Waals surface area contributed by atoms with Gasteiger partial charge in [0.15, 0.2) is 8.07 Å². The molecule has 0 N–H and O–H groups in total. The average Bonchev–Trinajstić information content (AvgIpc) is 3.95. The third-order valence-corrected chi connectivity index (χ3v) is 19.9. The fourth-order valence-electron chi connectivity index (χ4n) is 11.5. The number of rotatable bonds is 9. The Hall–Kier alpha value is -8.50. The number of nitrogens with zero attached hydrogens (tertiary/aromatic N) is 2. The van der Waals surface area contributed by atoms with Gasteiger partial charge in [0.1, 0.15) is 0 Å². The van der Waals surface area contributed by atoms with Crippen LogP contribution in [0.2, 0.25) is 5.54 Å². The molecule has 326 valence electrons. The van der Waals surface area contributed by atoms with Crippen LogP contribution in [0.25, 0.3) is 88.4 Å². The monoisotopic (exact) mass is 896 g/mol. The van der Waals surface area contributed by atoms with Crippen LogP contribution in [0.1, 0.15) is 6.42 Å². The predicted molar refractivity (Wildman–Crippen MR) is 296 cm³/mol. The number of aromatic nitrogens is 2. The fourth-order valence-corrected chi connectivity index (χ4v) is 16.9. The van der Waals surface area contributed by atoms with Gasteiger partial charge in [-0.15, -0.1) is 0 Å². The van der Waals surface area contributed by atoms with Crippen molar-refractivity contribution >= 4 is 67.2 Å². The van der Waals surface area contributed by atoms with Crippen LogP contribution in [0.15, 0.2) is 273 Å². The number of fused-ring (bicyclic) bond motifs is 6. The topological polar surface area (TPSA) is 9.86 Å². The van der Waals surface area contributed by atoms with Crippen LogP contribution in [-0.4, -0.2) is 17.2 Å². The molecular formula is C66H48N2Si. The van der Waals surface area contributed by atoms with E-state index >= 15 is 0 Å². The summed E-state index contributed by atoms with van der Waals surface area (Å²) in [5, 5.41) is 9.26. The highest BCUT2D eigenvalue weighted by atomic mass is 28.3. The second-order valence-electron chi connectivity index (χ2n) is 18.4. The number of allylic oxidation sites excluding steroid dienone is 4. The maximum Gasteiger partial charge on any atom is 0.155 e. The van der Waals surface area contributed by atoms with Gasteiger partial charge in [-0.25, -0.2) is 0 Å². The normalized spacial score (nSPS) is 13.8. The van der Waals surface area contributed by atoms with Gasteiger partial charge in [-0.2, -0.15) is 0 Å². The lowest BCUT2D eigenvalue weighted by Crippen LogP contribution is -2.69. The molecule has 2 nitrogen and oxygen atoms in total. The van der Waals surface area contributed by atoms with Crippen molar-refractivity contribution in [1.29, 1.82) is 0 Å². The zero-order valence-electron chi connectivity index (χ0n) is 38.2. The molecule has 0 radical (unpaired) electrons. The summed E-state index contributed by atoms with van der Waals surface area (Å²) >= 11 is 0. The molecule has 0 aliphatic heterocycles. The SMILES string of the molecule is C1=CCC([Si](c2ccccc2)(c2ccccc2)c2cccc(-n3c4ccccc4c4cc(-c5ccc6c(c5)c5ccccc5n6-c5cc(-c6ccccc6)cc(-c6ccccc6)c5)ccc43)c2)C=C1. The summed E-state index contributed by atoms with van der Waals surface area (Å²) in [6.45, 7) is 0. The van der Waals surface area contributed by atoms with E-state index in [1.54, 1.807) is 0 Å². The van der Waals surface area contributed by atoms with E-state index in [1.807, 2.05) is 0 Å². The second-order valence-corrected chi connectivity index (χ2v) is 22.5. The Morgan fingerprint density at radius 1 is 0.304 bits per heavy atom. The van der Waals surface area contributed by atoms with Crippen molar-refractivity contribution in [3.8, 4) is 44.8 Å². The largest absolute Gasteiger partial charge is 0.309 e. The molecule has 1 aliphatic rings. The number of benzene rings is 10. The van der Waals surface area contributed by atoms with Gasteiger partial charge in [0.05, 0.1) is 22.1 Å². The summed E-state index contributed by atoms with van der Waals surface area (Å²) in [5.41, 5.74) is 14.7. The minimum Gasteiger partial charge on any atom is -0.309 e. The van der Waals surface area contributed by atoms with Crippen molar-refractivity contribution in [3.63, 3.8) is 0 Å². The molecule has 12 aromatic rings. The molecule has 1 unspecified atom stereocenters. The summed E-state index contributed by atoms with van der Waals surface area (Å²) in [6, 6.07) is 92.6. The van der Waals surface area contributed by atoms with E-state index in [4.69, 9.17) is 0 Å². The van der Waals surface area contributed by atoms with Gasteiger partial charge < -0.3 is 9.13 Å². The summed E-state index contributed by atoms with van der Waals surface area (Å²) in [6.07, 6.45) is 10.3. The lowest BCUT2D eigenvalue weighted by Gasteiger charge is -2.40. The zero-order chi connectivity index (χ0) is 45.7. The molecule has 3 heteroatoms. The summed E-state index contributed by atoms with van der Waals surface area (Å²) in [4.78, 5) is 0. The Kier molecular flexibility index (Phi) is 10.0. The summed E-state index contributed by atoms with van der Waals surface area (Å²) in [7, 11) is -2.61. The third kappa shape index (κ3) is 6.85. The molecule has 0 saturated carbocycles. The highest BCUT2D eigenvalue weighted by Gasteiger charge is 2.45. The number of hydrogen-bond donors (Lipinski definition) is 0. The molecule has 2 aromatic heterocycles. The van der Waals surface area contributed by atoms with Gasteiger partial charge in [0.2, 0.25) is 0 Å². The van der Waals surface area contributed by atoms with Crippen LogP contribution in [-0.2, 0) is 0 Å². The van der Waals surface area contributed by atoms with E-state index in [9.17, 15) is 0 Å². The van der Waals surface area contributed by atoms with Crippen LogP contribution in [0.5, 0.6) is 0 Å². The molecule has 1 atom stereocenters. The van der Waals surface area contributed by atoms with E-state index in [1.165, 1.54) is 98.2 Å². The number of para-hydroxylation sites is 2. The van der Waals surface area contributed by atoms with Crippen molar-refractivity contribution in [2.75, 3.05) is 0 Å². The van der Waals surface area contributed by atoms with E-state index in [-0.39, 0.29) is 0 Å². The van der Waals surface area contributed by atoms with Crippen molar-refractivity contribution in [2.45, 2.75) is 12.0 Å². The predicted octanol–water partition coefficient (Wildman–Crippen LogP) is 15.2. The molecule has 2 heterocycles. The van der Waals surface area contributed by atoms with Gasteiger partial charge >= 0.3 is 0 Å². The first kappa shape index (κ1) is 40.7. The Balaban J connectivity index is 0.960. The summed E-state index contributed by atoms with van der Waals surface area (Å²) in [5.74, 6) is 0. The molecule has 0 amide bonds. The van der Waals surface area contributed by atoms with E-state index in [0.29, 0.717) is 5.54 Å². The lowest BCUT2D eigenvalue weighted by atomic mass is 9.98. The molecule has 0 fully saturated rings. The quantitative estimate of drug-likeness (QED) is 0.101. The van der Waals surface area contributed by atoms with Crippen LogP contribution >= 0.6 is 0 Å². The van der Waals surface area contributed by atoms with Crippen molar-refractivity contribution in [1.82, 2.24) is 9.13 Å². The second kappa shape index (κ2) is 17.0. The minimum absolute atomic E-state index is 0.362. The van der Waals surface area contributed by atoms with Gasteiger partial charge in [-0.3, -0.25) is 0 Å². The smallest absolute Gasteiger partial charge is 0.155 e. The van der Waals surface area contributed by atoms with Crippen molar-refractivity contribution < 1.29 is 0 Å². The lowest BCUT2D eigenvalue weighted by molar-refractivity contribution is 0.997. The maximum absolute atomic E-state index is 2.61. The van der Waals surface area contributed by atoms with Crippen LogP contribution in [0.4, 0.5) is 0 Å². The van der Waals surface area contributed by atoms with Gasteiger partial charge in [-0.05, 0) is 128 Å². The van der Waals surface area contributed by atoms with Gasteiger partial charge in [-0.1, -0.05) is 206 Å². The van der Waals surface area contributed by atoms with E-state index in [2.05, 4.69) is 282 Å². The van der Waals surface area contributed by atoms with Crippen molar-refractivity contribution in [3.05, 3.63) is 273 Å². The highest BCUT2D eigenvalue weighted by Crippen LogP contribution is 2.40. The average molecular weight is 897 g/mol. The Labute approximate surface area is 404 Å². The molecular weight excluding hydrogens is 849 g/mol. The molecule has 1 aliphatic carbocycles. The highest BCUT2D eigenvalue weighted by molar-refractivity contribution is 7.12. The Morgan fingerprint density at radius 2 is 0.768 bits per heavy atom. The van der Waals surface area contributed by atoms with E-state index in [0.717, 1.165) is 12.1 Å². The van der Waals surface area contributed by atoms with Crippen LogP contribution in [0.3, 0.4) is 0 Å². The first-order valence-corrected chi connectivity index (χ1v) is 26.2. The molecule has 10 aromatic carbocycles. The minimum atomic E-state index is -2.61. The van der Waals surface area contributed by atoms with E-state index < -0.39 is 8.07 Å². The van der Waals surface area contributed by atoms with Gasteiger partial charge in [0, 0.05) is 32.9 Å². The fraction of sp³-hybridized carbons (Fsp3) is 0.0303. The first-order valence-electron chi connectivity index (χ1n) is 24.1. The summed E-state index contributed by atoms with van der Waals surface area (Å²) < 4.78 is 4.94. The first-order chi connectivity index (χ1) is 34.2. The Morgan fingerprint density at radius 3 is 1.29 bits per heavy atom. The molecule has 0 spiro atoms. The number of hydrogen-bond acceptors (Lipinski definition) is 0. The maximum atomic E-state index is 2.51.